The van der Waals surface area contributed by atoms with Crippen molar-refractivity contribution in [3.63, 3.8) is 0 Å². The number of fused-ring (bicyclic) bond motifs is 1. The molecule has 5 nitrogen and oxygen atoms in total. The molecule has 1 N–H and O–H groups in total. The highest BCUT2D eigenvalue weighted by molar-refractivity contribution is 7.89. The average Bonchev–Trinajstić information content (AvgIpc) is 3.24. The van der Waals surface area contributed by atoms with Crippen molar-refractivity contribution < 1.29 is 13.2 Å². The molecule has 1 aliphatic carbocycles. The van der Waals surface area contributed by atoms with Gasteiger partial charge in [0, 0.05) is 24.3 Å². The molecule has 142 valence electrons. The standard InChI is InChI=1S/C21H24N2O3S/c24-21(22-20-9-5-7-16-6-1-2-8-19(16)20)17-10-12-18(13-11-17)27(25,26)23-14-3-4-15-23/h5,7,9-13H,1-4,6,8,14-15H2,(H,22,24). The van der Waals surface area contributed by atoms with Gasteiger partial charge < -0.3 is 5.32 Å². The Morgan fingerprint density at radius 1 is 0.889 bits per heavy atom. The van der Waals surface area contributed by atoms with Crippen LogP contribution in [-0.4, -0.2) is 31.7 Å². The van der Waals surface area contributed by atoms with Crippen LogP contribution in [0.4, 0.5) is 5.69 Å². The first-order valence-corrected chi connectivity index (χ1v) is 11.0. The normalized spacial score (nSPS) is 17.5. The van der Waals surface area contributed by atoms with Crippen LogP contribution in [0.2, 0.25) is 0 Å². The van der Waals surface area contributed by atoms with Crippen LogP contribution in [-0.2, 0) is 22.9 Å². The van der Waals surface area contributed by atoms with Gasteiger partial charge in [0.1, 0.15) is 0 Å². The summed E-state index contributed by atoms with van der Waals surface area (Å²) in [6.07, 6.45) is 6.18. The van der Waals surface area contributed by atoms with Gasteiger partial charge in [-0.2, -0.15) is 4.31 Å². The predicted octanol–water partition coefficient (Wildman–Crippen LogP) is 3.60. The maximum absolute atomic E-state index is 12.6. The highest BCUT2D eigenvalue weighted by Gasteiger charge is 2.27. The quantitative estimate of drug-likeness (QED) is 0.876. The first kappa shape index (κ1) is 18.2. The summed E-state index contributed by atoms with van der Waals surface area (Å²) in [6.45, 7) is 1.15. The Balaban J connectivity index is 1.52. The average molecular weight is 385 g/mol. The Hall–Kier alpha value is -2.18. The number of amides is 1. The van der Waals surface area contributed by atoms with E-state index in [2.05, 4.69) is 11.4 Å². The summed E-state index contributed by atoms with van der Waals surface area (Å²) in [6, 6.07) is 12.3. The van der Waals surface area contributed by atoms with E-state index in [1.165, 1.54) is 34.0 Å². The van der Waals surface area contributed by atoms with E-state index in [0.29, 0.717) is 18.7 Å². The fraction of sp³-hybridized carbons (Fsp3) is 0.381. The molecule has 1 aliphatic heterocycles. The molecule has 0 saturated carbocycles. The van der Waals surface area contributed by atoms with Crippen molar-refractivity contribution in [1.82, 2.24) is 4.31 Å². The van der Waals surface area contributed by atoms with Crippen LogP contribution in [0.5, 0.6) is 0 Å². The molecule has 1 amide bonds. The number of anilines is 1. The highest BCUT2D eigenvalue weighted by atomic mass is 32.2. The van der Waals surface area contributed by atoms with E-state index in [-0.39, 0.29) is 10.8 Å². The lowest BCUT2D eigenvalue weighted by atomic mass is 9.90. The fourth-order valence-corrected chi connectivity index (χ4v) is 5.47. The molecule has 0 aromatic heterocycles. The van der Waals surface area contributed by atoms with Gasteiger partial charge in [-0.1, -0.05) is 12.1 Å². The minimum atomic E-state index is -3.45. The van der Waals surface area contributed by atoms with Crippen LogP contribution in [0, 0.1) is 0 Å². The van der Waals surface area contributed by atoms with Crippen molar-refractivity contribution in [2.75, 3.05) is 18.4 Å². The summed E-state index contributed by atoms with van der Waals surface area (Å²) < 4.78 is 26.7. The zero-order valence-corrected chi connectivity index (χ0v) is 16.1. The van der Waals surface area contributed by atoms with E-state index < -0.39 is 10.0 Å². The third-order valence-electron chi connectivity index (χ3n) is 5.46. The van der Waals surface area contributed by atoms with Crippen LogP contribution in [0.15, 0.2) is 47.4 Å². The van der Waals surface area contributed by atoms with Gasteiger partial charge in [0.15, 0.2) is 0 Å². The van der Waals surface area contributed by atoms with Gasteiger partial charge in [-0.15, -0.1) is 0 Å². The van der Waals surface area contributed by atoms with Crippen molar-refractivity contribution >= 4 is 21.6 Å². The molecule has 1 fully saturated rings. The smallest absolute Gasteiger partial charge is 0.255 e. The lowest BCUT2D eigenvalue weighted by Gasteiger charge is -2.19. The molecule has 27 heavy (non-hydrogen) atoms. The number of rotatable bonds is 4. The predicted molar refractivity (Wildman–Crippen MR) is 105 cm³/mol. The minimum absolute atomic E-state index is 0.209. The summed E-state index contributed by atoms with van der Waals surface area (Å²) in [5, 5.41) is 3.00. The summed E-state index contributed by atoms with van der Waals surface area (Å²) >= 11 is 0. The zero-order chi connectivity index (χ0) is 18.9. The lowest BCUT2D eigenvalue weighted by molar-refractivity contribution is 0.102. The molecule has 0 atom stereocenters. The van der Waals surface area contributed by atoms with E-state index in [1.807, 2.05) is 12.1 Å². The Kier molecular flexibility index (Phi) is 5.02. The number of hydrogen-bond acceptors (Lipinski definition) is 3. The maximum atomic E-state index is 12.6. The van der Waals surface area contributed by atoms with E-state index >= 15 is 0 Å². The van der Waals surface area contributed by atoms with E-state index in [9.17, 15) is 13.2 Å². The maximum Gasteiger partial charge on any atom is 0.255 e. The van der Waals surface area contributed by atoms with Crippen molar-refractivity contribution in [1.29, 1.82) is 0 Å². The Bertz CT molecular complexity index is 946. The number of aryl methyl sites for hydroxylation is 1. The molecule has 0 bridgehead atoms. The van der Waals surface area contributed by atoms with E-state index in [0.717, 1.165) is 37.8 Å². The number of benzene rings is 2. The number of nitrogens with zero attached hydrogens (tertiary/aromatic N) is 1. The number of sulfonamides is 1. The largest absolute Gasteiger partial charge is 0.322 e. The molecule has 0 spiro atoms. The third kappa shape index (κ3) is 3.64. The first-order chi connectivity index (χ1) is 13.1. The second-order valence-electron chi connectivity index (χ2n) is 7.24. The first-order valence-electron chi connectivity index (χ1n) is 9.58. The van der Waals surface area contributed by atoms with Crippen molar-refractivity contribution in [2.45, 2.75) is 43.4 Å². The molecule has 0 unspecified atom stereocenters. The summed E-state index contributed by atoms with van der Waals surface area (Å²) in [5.74, 6) is -0.209. The van der Waals surface area contributed by atoms with E-state index in [1.54, 1.807) is 12.1 Å². The minimum Gasteiger partial charge on any atom is -0.322 e. The van der Waals surface area contributed by atoms with Crippen LogP contribution < -0.4 is 5.32 Å². The van der Waals surface area contributed by atoms with Crippen molar-refractivity contribution in [3.8, 4) is 0 Å². The number of carbonyl (C=O) groups excluding carboxylic acids is 1. The second kappa shape index (κ2) is 7.44. The van der Waals surface area contributed by atoms with Gasteiger partial charge >= 0.3 is 0 Å². The van der Waals surface area contributed by atoms with Gasteiger partial charge in [-0.25, -0.2) is 8.42 Å². The monoisotopic (exact) mass is 384 g/mol. The Labute approximate surface area is 160 Å². The number of carbonyl (C=O) groups is 1. The van der Waals surface area contributed by atoms with Gasteiger partial charge in [-0.3, -0.25) is 4.79 Å². The van der Waals surface area contributed by atoms with Gasteiger partial charge in [0.05, 0.1) is 4.90 Å². The van der Waals surface area contributed by atoms with Gasteiger partial charge in [0.25, 0.3) is 5.91 Å². The molecule has 2 aliphatic rings. The molecule has 1 saturated heterocycles. The molecule has 2 aromatic carbocycles. The zero-order valence-electron chi connectivity index (χ0n) is 15.3. The summed E-state index contributed by atoms with van der Waals surface area (Å²) in [7, 11) is -3.45. The molecule has 4 rings (SSSR count). The fourth-order valence-electron chi connectivity index (χ4n) is 3.95. The second-order valence-corrected chi connectivity index (χ2v) is 9.18. The van der Waals surface area contributed by atoms with Gasteiger partial charge in [-0.05, 0) is 80.0 Å². The van der Waals surface area contributed by atoms with Crippen LogP contribution >= 0.6 is 0 Å². The number of nitrogens with one attached hydrogen (secondary N) is 1. The molecular weight excluding hydrogens is 360 g/mol. The Morgan fingerprint density at radius 3 is 2.33 bits per heavy atom. The number of hydrogen-bond donors (Lipinski definition) is 1. The van der Waals surface area contributed by atoms with Crippen LogP contribution in [0.25, 0.3) is 0 Å². The third-order valence-corrected chi connectivity index (χ3v) is 7.38. The van der Waals surface area contributed by atoms with Crippen LogP contribution in [0.1, 0.15) is 47.2 Å². The summed E-state index contributed by atoms with van der Waals surface area (Å²) in [5.41, 5.74) is 3.87. The molecule has 6 heteroatoms. The molecule has 1 heterocycles. The van der Waals surface area contributed by atoms with Crippen LogP contribution in [0.3, 0.4) is 0 Å². The topological polar surface area (TPSA) is 66.5 Å². The van der Waals surface area contributed by atoms with Crippen molar-refractivity contribution in [2.24, 2.45) is 0 Å². The lowest BCUT2D eigenvalue weighted by Crippen LogP contribution is -2.27. The van der Waals surface area contributed by atoms with Crippen molar-refractivity contribution in [3.05, 3.63) is 59.2 Å². The Morgan fingerprint density at radius 2 is 1.59 bits per heavy atom. The molecule has 0 radical (unpaired) electrons. The molecule has 2 aromatic rings. The van der Waals surface area contributed by atoms with Gasteiger partial charge in [0.2, 0.25) is 10.0 Å². The highest BCUT2D eigenvalue weighted by Crippen LogP contribution is 2.28. The molecular formula is C21H24N2O3S. The van der Waals surface area contributed by atoms with E-state index in [4.69, 9.17) is 0 Å². The SMILES string of the molecule is O=C(Nc1cccc2c1CCCC2)c1ccc(S(=O)(=O)N2CCCC2)cc1. The summed E-state index contributed by atoms with van der Waals surface area (Å²) in [4.78, 5) is 12.9.